The van der Waals surface area contributed by atoms with Crippen molar-refractivity contribution in [3.8, 4) is 0 Å². The second-order valence-corrected chi connectivity index (χ2v) is 5.55. The highest BCUT2D eigenvalue weighted by Crippen LogP contribution is 2.16. The molecule has 0 bridgehead atoms. The summed E-state index contributed by atoms with van der Waals surface area (Å²) < 4.78 is 0. The minimum atomic E-state index is -0.225. The second-order valence-electron chi connectivity index (χ2n) is 5.55. The van der Waals surface area contributed by atoms with Crippen molar-refractivity contribution in [2.24, 2.45) is 5.10 Å². The molecule has 0 spiro atoms. The van der Waals surface area contributed by atoms with Gasteiger partial charge in [-0.05, 0) is 29.0 Å². The maximum atomic E-state index is 12.2. The average Bonchev–Trinajstić information content (AvgIpc) is 3.04. The van der Waals surface area contributed by atoms with Gasteiger partial charge in [0.25, 0.3) is 5.91 Å². The van der Waals surface area contributed by atoms with Gasteiger partial charge in [-0.3, -0.25) is 4.79 Å². The minimum Gasteiger partial charge on any atom is -0.361 e. The summed E-state index contributed by atoms with van der Waals surface area (Å²) in [5.41, 5.74) is 5.15. The smallest absolute Gasteiger partial charge is 0.271 e. The lowest BCUT2D eigenvalue weighted by atomic mass is 10.1. The Bertz CT molecular complexity index is 1060. The normalized spacial score (nSPS) is 11.3. The summed E-state index contributed by atoms with van der Waals surface area (Å²) in [6, 6.07) is 21.5. The summed E-state index contributed by atoms with van der Waals surface area (Å²) in [6.45, 7) is 0. The Labute approximate surface area is 138 Å². The fraction of sp³-hybridized carbons (Fsp3) is 0. The Morgan fingerprint density at radius 2 is 1.75 bits per heavy atom. The monoisotopic (exact) mass is 313 g/mol. The number of carbonyl (C=O) groups is 1. The lowest BCUT2D eigenvalue weighted by molar-refractivity contribution is 0.0955. The summed E-state index contributed by atoms with van der Waals surface area (Å²) in [5, 5.41) is 7.29. The van der Waals surface area contributed by atoms with Crippen LogP contribution in [0.25, 0.3) is 21.7 Å². The highest BCUT2D eigenvalue weighted by Gasteiger charge is 2.05. The number of rotatable bonds is 3. The molecule has 0 aliphatic heterocycles. The molecule has 3 aromatic carbocycles. The maximum absolute atomic E-state index is 12.2. The number of H-pyrrole nitrogens is 1. The largest absolute Gasteiger partial charge is 0.361 e. The quantitative estimate of drug-likeness (QED) is 0.434. The third kappa shape index (κ3) is 2.65. The number of nitrogens with one attached hydrogen (secondary N) is 2. The van der Waals surface area contributed by atoms with Gasteiger partial charge in [-0.25, -0.2) is 5.43 Å². The Kier molecular flexibility index (Phi) is 3.56. The van der Waals surface area contributed by atoms with Gasteiger partial charge in [0.1, 0.15) is 0 Å². The van der Waals surface area contributed by atoms with Gasteiger partial charge in [-0.2, -0.15) is 5.10 Å². The number of hydrogen-bond acceptors (Lipinski definition) is 2. The van der Waals surface area contributed by atoms with Gasteiger partial charge in [0, 0.05) is 28.2 Å². The van der Waals surface area contributed by atoms with Gasteiger partial charge in [-0.15, -0.1) is 0 Å². The summed E-state index contributed by atoms with van der Waals surface area (Å²) in [7, 11) is 0. The van der Waals surface area contributed by atoms with Crippen LogP contribution < -0.4 is 5.43 Å². The van der Waals surface area contributed by atoms with Gasteiger partial charge in [0.15, 0.2) is 0 Å². The van der Waals surface area contributed by atoms with Crippen LogP contribution in [0.1, 0.15) is 15.9 Å². The van der Waals surface area contributed by atoms with Crippen LogP contribution in [0, 0.1) is 0 Å². The maximum Gasteiger partial charge on any atom is 0.271 e. The predicted molar refractivity (Wildman–Crippen MR) is 97.3 cm³/mol. The van der Waals surface area contributed by atoms with Crippen molar-refractivity contribution in [1.82, 2.24) is 10.4 Å². The number of benzene rings is 3. The van der Waals surface area contributed by atoms with Crippen molar-refractivity contribution in [3.63, 3.8) is 0 Å². The molecule has 0 fully saturated rings. The van der Waals surface area contributed by atoms with Crippen LogP contribution in [0.3, 0.4) is 0 Å². The zero-order valence-electron chi connectivity index (χ0n) is 12.9. The van der Waals surface area contributed by atoms with E-state index in [4.69, 9.17) is 0 Å². The number of carbonyl (C=O) groups excluding carboxylic acids is 1. The summed E-state index contributed by atoms with van der Waals surface area (Å²) >= 11 is 0. The van der Waals surface area contributed by atoms with Crippen LogP contribution in [0.2, 0.25) is 0 Å². The molecule has 0 saturated heterocycles. The topological polar surface area (TPSA) is 57.2 Å². The van der Waals surface area contributed by atoms with E-state index in [-0.39, 0.29) is 5.91 Å². The lowest BCUT2D eigenvalue weighted by Crippen LogP contribution is -2.17. The first kappa shape index (κ1) is 14.2. The van der Waals surface area contributed by atoms with Crippen LogP contribution in [-0.2, 0) is 0 Å². The Balaban J connectivity index is 1.53. The number of amides is 1. The van der Waals surface area contributed by atoms with Crippen molar-refractivity contribution in [2.75, 3.05) is 0 Å². The molecule has 0 aliphatic carbocycles. The minimum absolute atomic E-state index is 0.225. The molecule has 0 atom stereocenters. The number of hydrogen-bond donors (Lipinski definition) is 2. The molecule has 1 aromatic heterocycles. The van der Waals surface area contributed by atoms with E-state index >= 15 is 0 Å². The van der Waals surface area contributed by atoms with Gasteiger partial charge < -0.3 is 4.98 Å². The number of nitrogens with zero attached hydrogens (tertiary/aromatic N) is 1. The van der Waals surface area contributed by atoms with E-state index in [1.54, 1.807) is 12.3 Å². The average molecular weight is 313 g/mol. The van der Waals surface area contributed by atoms with Crippen LogP contribution in [0.15, 0.2) is 78.0 Å². The van der Waals surface area contributed by atoms with E-state index in [9.17, 15) is 4.79 Å². The Morgan fingerprint density at radius 3 is 2.67 bits per heavy atom. The fourth-order valence-corrected chi connectivity index (χ4v) is 2.76. The third-order valence-electron chi connectivity index (χ3n) is 4.00. The Hall–Kier alpha value is -3.40. The van der Waals surface area contributed by atoms with Gasteiger partial charge in [0.05, 0.1) is 6.21 Å². The molecular formula is C20H15N3O. The van der Waals surface area contributed by atoms with E-state index in [1.165, 1.54) is 0 Å². The molecule has 4 rings (SSSR count). The van der Waals surface area contributed by atoms with Crippen LogP contribution in [0.5, 0.6) is 0 Å². The van der Waals surface area contributed by atoms with E-state index in [2.05, 4.69) is 15.5 Å². The first-order valence-electron chi connectivity index (χ1n) is 7.69. The number of aromatic amines is 1. The van der Waals surface area contributed by atoms with E-state index in [1.807, 2.05) is 66.9 Å². The van der Waals surface area contributed by atoms with Gasteiger partial charge in [0.2, 0.25) is 0 Å². The SMILES string of the molecule is O=C(N/N=C\c1c[nH]c2ccccc12)c1ccc2ccccc2c1. The molecule has 1 heterocycles. The number of hydrazone groups is 1. The number of para-hydroxylation sites is 1. The zero-order chi connectivity index (χ0) is 16.4. The molecule has 4 heteroatoms. The molecule has 4 aromatic rings. The van der Waals surface area contributed by atoms with Crippen molar-refractivity contribution < 1.29 is 4.79 Å². The molecule has 0 saturated carbocycles. The molecule has 1 amide bonds. The summed E-state index contributed by atoms with van der Waals surface area (Å²) in [5.74, 6) is -0.225. The fourth-order valence-electron chi connectivity index (χ4n) is 2.76. The van der Waals surface area contributed by atoms with Crippen molar-refractivity contribution in [1.29, 1.82) is 0 Å². The molecule has 116 valence electrons. The second kappa shape index (κ2) is 6.01. The van der Waals surface area contributed by atoms with Crippen molar-refractivity contribution >= 4 is 33.8 Å². The van der Waals surface area contributed by atoms with E-state index < -0.39 is 0 Å². The molecule has 4 nitrogen and oxygen atoms in total. The van der Waals surface area contributed by atoms with E-state index in [0.717, 1.165) is 27.2 Å². The summed E-state index contributed by atoms with van der Waals surface area (Å²) in [6.07, 6.45) is 3.52. The van der Waals surface area contributed by atoms with Crippen molar-refractivity contribution in [3.05, 3.63) is 84.1 Å². The molecule has 0 aliphatic rings. The summed E-state index contributed by atoms with van der Waals surface area (Å²) in [4.78, 5) is 15.4. The molecule has 0 radical (unpaired) electrons. The van der Waals surface area contributed by atoms with Crippen LogP contribution >= 0.6 is 0 Å². The highest BCUT2D eigenvalue weighted by molar-refractivity contribution is 6.01. The van der Waals surface area contributed by atoms with Crippen LogP contribution in [-0.4, -0.2) is 17.1 Å². The third-order valence-corrected chi connectivity index (χ3v) is 4.00. The molecule has 0 unspecified atom stereocenters. The van der Waals surface area contributed by atoms with Gasteiger partial charge >= 0.3 is 0 Å². The molecular weight excluding hydrogens is 298 g/mol. The highest BCUT2D eigenvalue weighted by atomic mass is 16.2. The molecule has 24 heavy (non-hydrogen) atoms. The lowest BCUT2D eigenvalue weighted by Gasteiger charge is -2.02. The van der Waals surface area contributed by atoms with E-state index in [0.29, 0.717) is 5.56 Å². The van der Waals surface area contributed by atoms with Gasteiger partial charge in [-0.1, -0.05) is 48.5 Å². The predicted octanol–water partition coefficient (Wildman–Crippen LogP) is 4.09. The first-order valence-corrected chi connectivity index (χ1v) is 7.69. The Morgan fingerprint density at radius 1 is 0.958 bits per heavy atom. The van der Waals surface area contributed by atoms with Crippen LogP contribution in [0.4, 0.5) is 0 Å². The first-order chi connectivity index (χ1) is 11.8. The number of fused-ring (bicyclic) bond motifs is 2. The number of aromatic nitrogens is 1. The zero-order valence-corrected chi connectivity index (χ0v) is 12.9. The van der Waals surface area contributed by atoms with Crippen molar-refractivity contribution in [2.45, 2.75) is 0 Å². The molecule has 2 N–H and O–H groups in total. The standard InChI is InChI=1S/C20H15N3O/c24-20(16-10-9-14-5-1-2-6-15(14)11-16)23-22-13-17-12-21-19-8-4-3-7-18(17)19/h1-13,21H,(H,23,24)/b22-13-.